The molecular formula is C19H27Cl2N3O3. The molecule has 27 heavy (non-hydrogen) atoms. The molecular weight excluding hydrogens is 389 g/mol. The summed E-state index contributed by atoms with van der Waals surface area (Å²) in [6.45, 7) is 2.51. The number of para-hydroxylation sites is 1. The molecule has 0 aromatic heterocycles. The molecule has 3 rings (SSSR count). The highest BCUT2D eigenvalue weighted by Gasteiger charge is 2.46. The van der Waals surface area contributed by atoms with Crippen LogP contribution in [0.2, 0.25) is 5.02 Å². The molecule has 1 aromatic carbocycles. The minimum Gasteiger partial charge on any atom is -0.384 e. The third-order valence-electron chi connectivity index (χ3n) is 5.54. The maximum absolute atomic E-state index is 13.3. The fraction of sp³-hybridized carbons (Fsp3) is 0.579. The van der Waals surface area contributed by atoms with Crippen LogP contribution in [0, 0.1) is 5.41 Å². The minimum atomic E-state index is -0.549. The number of hydrogen-bond acceptors (Lipinski definition) is 4. The zero-order chi connectivity index (χ0) is 18.7. The Morgan fingerprint density at radius 1 is 1.37 bits per heavy atom. The lowest BCUT2D eigenvalue weighted by Crippen LogP contribution is -2.54. The van der Waals surface area contributed by atoms with Gasteiger partial charge in [-0.25, -0.2) is 0 Å². The van der Waals surface area contributed by atoms with E-state index in [1.54, 1.807) is 30.0 Å². The van der Waals surface area contributed by atoms with Crippen molar-refractivity contribution in [3.05, 3.63) is 29.3 Å². The van der Waals surface area contributed by atoms with Crippen LogP contribution >= 0.6 is 24.0 Å². The lowest BCUT2D eigenvalue weighted by Gasteiger charge is -2.39. The van der Waals surface area contributed by atoms with E-state index in [-0.39, 0.29) is 24.2 Å². The summed E-state index contributed by atoms with van der Waals surface area (Å²) >= 11 is 6.25. The number of amides is 2. The molecule has 6 nitrogen and oxygen atoms in total. The molecule has 1 atom stereocenters. The molecule has 150 valence electrons. The van der Waals surface area contributed by atoms with Gasteiger partial charge in [-0.15, -0.1) is 12.4 Å². The standard InChI is InChI=1S/C19H26ClN3O3.ClH/c1-22(18(25)19(13-26-2)8-10-21-11-9-19)16-7-12-23(17(16)24)15-6-4-3-5-14(15)20;/h3-6,16,21H,7-13H2,1-2H3;1H. The summed E-state index contributed by atoms with van der Waals surface area (Å²) in [4.78, 5) is 29.6. The molecule has 2 amide bonds. The predicted octanol–water partition coefficient (Wildman–Crippen LogP) is 2.34. The number of halogens is 2. The number of benzene rings is 1. The number of piperidine rings is 1. The Bertz CT molecular complexity index is 674. The number of nitrogens with one attached hydrogen (secondary N) is 1. The van der Waals surface area contributed by atoms with Gasteiger partial charge in [-0.3, -0.25) is 9.59 Å². The number of carbonyl (C=O) groups excluding carboxylic acids is 2. The lowest BCUT2D eigenvalue weighted by atomic mass is 9.78. The molecule has 2 fully saturated rings. The van der Waals surface area contributed by atoms with Gasteiger partial charge in [0.1, 0.15) is 6.04 Å². The molecule has 0 radical (unpaired) electrons. The molecule has 1 N–H and O–H groups in total. The monoisotopic (exact) mass is 415 g/mol. The number of likely N-dealkylation sites (N-methyl/N-ethyl adjacent to an activating group) is 1. The largest absolute Gasteiger partial charge is 0.384 e. The summed E-state index contributed by atoms with van der Waals surface area (Å²) in [6.07, 6.45) is 2.05. The average molecular weight is 416 g/mol. The second-order valence-corrected chi connectivity index (χ2v) is 7.53. The van der Waals surface area contributed by atoms with Crippen LogP contribution in [0.4, 0.5) is 5.69 Å². The number of carbonyl (C=O) groups is 2. The molecule has 2 aliphatic rings. The highest BCUT2D eigenvalue weighted by molar-refractivity contribution is 6.34. The fourth-order valence-electron chi connectivity index (χ4n) is 4.05. The summed E-state index contributed by atoms with van der Waals surface area (Å²) in [5, 5.41) is 3.83. The van der Waals surface area contributed by atoms with Crippen molar-refractivity contribution in [2.75, 3.05) is 45.3 Å². The molecule has 0 bridgehead atoms. The van der Waals surface area contributed by atoms with Gasteiger partial charge in [0.25, 0.3) is 0 Å². The van der Waals surface area contributed by atoms with E-state index in [9.17, 15) is 9.59 Å². The highest BCUT2D eigenvalue weighted by atomic mass is 35.5. The van der Waals surface area contributed by atoms with E-state index in [0.717, 1.165) is 25.9 Å². The summed E-state index contributed by atoms with van der Waals surface area (Å²) in [5.74, 6) is -0.0735. The summed E-state index contributed by atoms with van der Waals surface area (Å²) in [5.41, 5.74) is 0.156. The van der Waals surface area contributed by atoms with Crippen LogP contribution in [-0.4, -0.2) is 63.2 Å². The van der Waals surface area contributed by atoms with Gasteiger partial charge in [-0.2, -0.15) is 0 Å². The zero-order valence-electron chi connectivity index (χ0n) is 15.7. The summed E-state index contributed by atoms with van der Waals surface area (Å²) in [6, 6.07) is 6.85. The van der Waals surface area contributed by atoms with E-state index < -0.39 is 11.5 Å². The van der Waals surface area contributed by atoms with Crippen molar-refractivity contribution < 1.29 is 14.3 Å². The molecule has 2 heterocycles. The smallest absolute Gasteiger partial charge is 0.249 e. The summed E-state index contributed by atoms with van der Waals surface area (Å²) < 4.78 is 5.36. The third-order valence-corrected chi connectivity index (χ3v) is 5.86. The molecule has 1 aromatic rings. The Kier molecular flexibility index (Phi) is 7.51. The fourth-order valence-corrected chi connectivity index (χ4v) is 4.29. The highest BCUT2D eigenvalue weighted by Crippen LogP contribution is 2.35. The first-order chi connectivity index (χ1) is 12.5. The van der Waals surface area contributed by atoms with Crippen molar-refractivity contribution in [2.24, 2.45) is 5.41 Å². The zero-order valence-corrected chi connectivity index (χ0v) is 17.3. The van der Waals surface area contributed by atoms with Crippen LogP contribution in [0.25, 0.3) is 0 Å². The van der Waals surface area contributed by atoms with Crippen LogP contribution in [-0.2, 0) is 14.3 Å². The van der Waals surface area contributed by atoms with Crippen molar-refractivity contribution in [3.63, 3.8) is 0 Å². The first kappa shape index (κ1) is 22.0. The molecule has 1 unspecified atom stereocenters. The van der Waals surface area contributed by atoms with Crippen LogP contribution in [0.15, 0.2) is 24.3 Å². The molecule has 0 saturated carbocycles. The van der Waals surface area contributed by atoms with Crippen LogP contribution in [0.5, 0.6) is 0 Å². The molecule has 0 aliphatic carbocycles. The van der Waals surface area contributed by atoms with Crippen molar-refractivity contribution in [2.45, 2.75) is 25.3 Å². The SMILES string of the molecule is COCC1(C(=O)N(C)C2CCN(c3ccccc3Cl)C2=O)CCNCC1.Cl. The number of nitrogens with zero attached hydrogens (tertiary/aromatic N) is 2. The molecule has 2 saturated heterocycles. The van der Waals surface area contributed by atoms with Crippen molar-refractivity contribution in [1.82, 2.24) is 10.2 Å². The van der Waals surface area contributed by atoms with Crippen molar-refractivity contribution >= 4 is 41.5 Å². The van der Waals surface area contributed by atoms with E-state index in [4.69, 9.17) is 16.3 Å². The lowest BCUT2D eigenvalue weighted by molar-refractivity contribution is -0.150. The third kappa shape index (κ3) is 4.24. The first-order valence-electron chi connectivity index (χ1n) is 9.03. The van der Waals surface area contributed by atoms with Gasteiger partial charge in [0.05, 0.1) is 22.7 Å². The average Bonchev–Trinajstić information content (AvgIpc) is 3.03. The van der Waals surface area contributed by atoms with E-state index >= 15 is 0 Å². The van der Waals surface area contributed by atoms with E-state index in [2.05, 4.69) is 5.32 Å². The summed E-state index contributed by atoms with van der Waals surface area (Å²) in [7, 11) is 3.36. The van der Waals surface area contributed by atoms with Gasteiger partial charge in [-0.05, 0) is 44.5 Å². The van der Waals surface area contributed by atoms with Crippen molar-refractivity contribution in [3.8, 4) is 0 Å². The number of hydrogen-bond donors (Lipinski definition) is 1. The van der Waals surface area contributed by atoms with Gasteiger partial charge in [0.2, 0.25) is 11.8 Å². The number of ether oxygens (including phenoxy) is 1. The van der Waals surface area contributed by atoms with Crippen LogP contribution in [0.1, 0.15) is 19.3 Å². The second kappa shape index (κ2) is 9.24. The first-order valence-corrected chi connectivity index (χ1v) is 9.41. The van der Waals surface area contributed by atoms with Crippen LogP contribution < -0.4 is 10.2 Å². The Balaban J connectivity index is 0.00000261. The van der Waals surface area contributed by atoms with E-state index in [1.807, 2.05) is 18.2 Å². The second-order valence-electron chi connectivity index (χ2n) is 7.13. The quantitative estimate of drug-likeness (QED) is 0.801. The van der Waals surface area contributed by atoms with E-state index in [1.165, 1.54) is 0 Å². The Morgan fingerprint density at radius 3 is 2.67 bits per heavy atom. The minimum absolute atomic E-state index is 0. The van der Waals surface area contributed by atoms with Gasteiger partial charge in [-0.1, -0.05) is 23.7 Å². The topological polar surface area (TPSA) is 61.9 Å². The molecule has 0 spiro atoms. The predicted molar refractivity (Wildman–Crippen MR) is 109 cm³/mol. The number of anilines is 1. The van der Waals surface area contributed by atoms with E-state index in [0.29, 0.717) is 30.3 Å². The van der Waals surface area contributed by atoms with Gasteiger partial charge < -0.3 is 19.9 Å². The Labute approximate surface area is 171 Å². The maximum Gasteiger partial charge on any atom is 0.249 e. The number of rotatable bonds is 5. The molecule has 2 aliphatic heterocycles. The Hall–Kier alpha value is -1.34. The maximum atomic E-state index is 13.3. The van der Waals surface area contributed by atoms with Gasteiger partial charge >= 0.3 is 0 Å². The normalized spacial score (nSPS) is 21.7. The number of methoxy groups -OCH3 is 1. The molecule has 8 heteroatoms. The Morgan fingerprint density at radius 2 is 2.04 bits per heavy atom. The van der Waals surface area contributed by atoms with Gasteiger partial charge in [0, 0.05) is 20.7 Å². The van der Waals surface area contributed by atoms with Crippen molar-refractivity contribution in [1.29, 1.82) is 0 Å². The van der Waals surface area contributed by atoms with Crippen LogP contribution in [0.3, 0.4) is 0 Å². The van der Waals surface area contributed by atoms with Gasteiger partial charge in [0.15, 0.2) is 0 Å².